The number of likely N-dealkylation sites (tertiary alicyclic amines) is 1. The molecule has 3 aromatic rings. The molecule has 4 heterocycles. The Labute approximate surface area is 173 Å². The Morgan fingerprint density at radius 1 is 1.24 bits per heavy atom. The van der Waals surface area contributed by atoms with Crippen LogP contribution in [0.1, 0.15) is 44.2 Å². The molecule has 0 spiro atoms. The van der Waals surface area contributed by atoms with E-state index in [4.69, 9.17) is 16.1 Å². The van der Waals surface area contributed by atoms with Crippen molar-refractivity contribution in [2.75, 3.05) is 18.0 Å². The second kappa shape index (κ2) is 6.88. The maximum Gasteiger partial charge on any atom is 0.324 e. The monoisotopic (exact) mass is 412 g/mol. The molecular weight excluding hydrogens is 392 g/mol. The number of nitrogens with zero attached hydrogens (tertiary/aromatic N) is 6. The van der Waals surface area contributed by atoms with Gasteiger partial charge < -0.3 is 9.42 Å². The van der Waals surface area contributed by atoms with E-state index >= 15 is 0 Å². The lowest BCUT2D eigenvalue weighted by Crippen LogP contribution is -2.44. The van der Waals surface area contributed by atoms with E-state index in [2.05, 4.69) is 15.1 Å². The van der Waals surface area contributed by atoms with Gasteiger partial charge in [-0.2, -0.15) is 4.98 Å². The van der Waals surface area contributed by atoms with Crippen LogP contribution in [0, 0.1) is 0 Å². The number of hydrogen-bond acceptors (Lipinski definition) is 5. The highest BCUT2D eigenvalue weighted by atomic mass is 35.5. The van der Waals surface area contributed by atoms with E-state index in [-0.39, 0.29) is 11.9 Å². The molecule has 0 bridgehead atoms. The van der Waals surface area contributed by atoms with E-state index in [0.717, 1.165) is 37.3 Å². The summed E-state index contributed by atoms with van der Waals surface area (Å²) in [5.41, 5.74) is 2.98. The number of anilines is 1. The molecule has 8 nitrogen and oxygen atoms in total. The molecule has 0 atom stereocenters. The van der Waals surface area contributed by atoms with Gasteiger partial charge >= 0.3 is 6.03 Å². The number of amides is 2. The third kappa shape index (κ3) is 2.90. The van der Waals surface area contributed by atoms with E-state index in [9.17, 15) is 4.79 Å². The standard InChI is InChI=1S/C20H21ClN6O2/c1-12(2)19-23-18(24-29-19)16-15-10-26(20(28)25-8-3-4-9-25)17-13(21)6-5-7-14(17)27(15)11-22-16/h5-7,11-12H,3-4,8-10H2,1-2H3. The zero-order valence-corrected chi connectivity index (χ0v) is 17.1. The first kappa shape index (κ1) is 18.2. The molecule has 9 heteroatoms. The summed E-state index contributed by atoms with van der Waals surface area (Å²) in [7, 11) is 0. The van der Waals surface area contributed by atoms with Crippen LogP contribution in [0.25, 0.3) is 17.2 Å². The first-order valence-corrected chi connectivity index (χ1v) is 10.2. The average molecular weight is 413 g/mol. The Kier molecular flexibility index (Phi) is 4.31. The number of rotatable bonds is 2. The van der Waals surface area contributed by atoms with Crippen LogP contribution < -0.4 is 4.90 Å². The molecule has 0 N–H and O–H groups in total. The Morgan fingerprint density at radius 2 is 2.03 bits per heavy atom. The van der Waals surface area contributed by atoms with E-state index < -0.39 is 0 Å². The molecule has 0 saturated carbocycles. The molecule has 1 fully saturated rings. The van der Waals surface area contributed by atoms with Gasteiger partial charge in [-0.05, 0) is 25.0 Å². The lowest BCUT2D eigenvalue weighted by molar-refractivity contribution is 0.214. The van der Waals surface area contributed by atoms with Crippen LogP contribution in [0.4, 0.5) is 10.5 Å². The van der Waals surface area contributed by atoms with Crippen LogP contribution in [0.2, 0.25) is 5.02 Å². The Hall–Kier alpha value is -2.87. The maximum atomic E-state index is 13.3. The molecule has 5 rings (SSSR count). The average Bonchev–Trinajstić information content (AvgIpc) is 3.46. The van der Waals surface area contributed by atoms with Gasteiger partial charge in [-0.25, -0.2) is 9.78 Å². The minimum absolute atomic E-state index is 0.0359. The second-order valence-electron chi connectivity index (χ2n) is 7.69. The van der Waals surface area contributed by atoms with Gasteiger partial charge in [0.05, 0.1) is 28.6 Å². The minimum atomic E-state index is -0.0359. The Morgan fingerprint density at radius 3 is 2.76 bits per heavy atom. The summed E-state index contributed by atoms with van der Waals surface area (Å²) >= 11 is 6.53. The summed E-state index contributed by atoms with van der Waals surface area (Å²) in [4.78, 5) is 26.0. The first-order chi connectivity index (χ1) is 14.0. The van der Waals surface area contributed by atoms with Crippen molar-refractivity contribution in [3.05, 3.63) is 41.1 Å². The van der Waals surface area contributed by atoms with Crippen LogP contribution in [0.5, 0.6) is 0 Å². The molecule has 1 aromatic carbocycles. The number of benzene rings is 1. The summed E-state index contributed by atoms with van der Waals surface area (Å²) in [6, 6.07) is 5.59. The fraction of sp³-hybridized carbons (Fsp3) is 0.400. The van der Waals surface area contributed by atoms with Gasteiger partial charge in [-0.1, -0.05) is 36.7 Å². The number of carbonyl (C=O) groups is 1. The van der Waals surface area contributed by atoms with Gasteiger partial charge in [-0.15, -0.1) is 0 Å². The largest absolute Gasteiger partial charge is 0.339 e. The fourth-order valence-corrected chi connectivity index (χ4v) is 4.19. The zero-order valence-electron chi connectivity index (χ0n) is 16.3. The number of fused-ring (bicyclic) bond motifs is 3. The SMILES string of the molecule is CC(C)c1nc(-c2ncn3c2CN(C(=O)N2CCCC2)c2c(Cl)cccc2-3)no1. The minimum Gasteiger partial charge on any atom is -0.339 e. The molecule has 2 aliphatic rings. The van der Waals surface area contributed by atoms with E-state index in [0.29, 0.717) is 34.7 Å². The number of carbonyl (C=O) groups excluding carboxylic acids is 1. The van der Waals surface area contributed by atoms with Gasteiger partial charge in [0, 0.05) is 19.0 Å². The third-order valence-corrected chi connectivity index (χ3v) is 5.73. The normalized spacial score (nSPS) is 15.7. The molecule has 0 unspecified atom stereocenters. The van der Waals surface area contributed by atoms with Crippen molar-refractivity contribution >= 4 is 23.3 Å². The molecule has 1 saturated heterocycles. The fourth-order valence-electron chi connectivity index (χ4n) is 3.92. The highest BCUT2D eigenvalue weighted by molar-refractivity contribution is 6.34. The van der Waals surface area contributed by atoms with E-state index in [1.807, 2.05) is 41.5 Å². The van der Waals surface area contributed by atoms with Crippen molar-refractivity contribution in [1.82, 2.24) is 24.6 Å². The van der Waals surface area contributed by atoms with E-state index in [1.54, 1.807) is 11.2 Å². The van der Waals surface area contributed by atoms with E-state index in [1.165, 1.54) is 0 Å². The maximum absolute atomic E-state index is 13.3. The number of para-hydroxylation sites is 1. The first-order valence-electron chi connectivity index (χ1n) is 9.80. The quantitative estimate of drug-likeness (QED) is 0.629. The van der Waals surface area contributed by atoms with Crippen LogP contribution in [0.3, 0.4) is 0 Å². The summed E-state index contributed by atoms with van der Waals surface area (Å²) in [5, 5.41) is 4.65. The van der Waals surface area contributed by atoms with Crippen molar-refractivity contribution in [3.63, 3.8) is 0 Å². The van der Waals surface area contributed by atoms with Crippen LogP contribution >= 0.6 is 11.6 Å². The summed E-state index contributed by atoms with van der Waals surface area (Å²) in [5.74, 6) is 1.12. The van der Waals surface area contributed by atoms with Crippen molar-refractivity contribution < 1.29 is 9.32 Å². The number of halogens is 1. The van der Waals surface area contributed by atoms with Crippen LogP contribution in [0.15, 0.2) is 29.0 Å². The molecule has 2 aliphatic heterocycles. The highest BCUT2D eigenvalue weighted by Gasteiger charge is 2.35. The summed E-state index contributed by atoms with van der Waals surface area (Å²) in [6.45, 7) is 5.86. The Balaban J connectivity index is 1.62. The Bertz CT molecular complexity index is 1080. The van der Waals surface area contributed by atoms with Crippen molar-refractivity contribution in [1.29, 1.82) is 0 Å². The highest BCUT2D eigenvalue weighted by Crippen LogP contribution is 2.40. The molecular formula is C20H21ClN6O2. The van der Waals surface area contributed by atoms with Gasteiger partial charge in [0.25, 0.3) is 0 Å². The topological polar surface area (TPSA) is 80.3 Å². The van der Waals surface area contributed by atoms with Gasteiger partial charge in [0.2, 0.25) is 11.7 Å². The van der Waals surface area contributed by atoms with Gasteiger partial charge in [0.15, 0.2) is 0 Å². The predicted octanol–water partition coefficient (Wildman–Crippen LogP) is 4.23. The number of aromatic nitrogens is 4. The second-order valence-corrected chi connectivity index (χ2v) is 8.10. The molecule has 0 aliphatic carbocycles. The van der Waals surface area contributed by atoms with Crippen LogP contribution in [-0.4, -0.2) is 43.7 Å². The predicted molar refractivity (Wildman–Crippen MR) is 108 cm³/mol. The number of imidazole rings is 1. The lowest BCUT2D eigenvalue weighted by Gasteiger charge is -2.34. The summed E-state index contributed by atoms with van der Waals surface area (Å²) < 4.78 is 7.32. The van der Waals surface area contributed by atoms with Crippen molar-refractivity contribution in [2.24, 2.45) is 0 Å². The lowest BCUT2D eigenvalue weighted by atomic mass is 10.1. The van der Waals surface area contributed by atoms with Crippen LogP contribution in [-0.2, 0) is 6.54 Å². The molecule has 0 radical (unpaired) electrons. The van der Waals surface area contributed by atoms with Crippen molar-refractivity contribution in [2.45, 2.75) is 39.2 Å². The van der Waals surface area contributed by atoms with Gasteiger partial charge in [-0.3, -0.25) is 9.47 Å². The molecule has 2 amide bonds. The van der Waals surface area contributed by atoms with Crippen molar-refractivity contribution in [3.8, 4) is 17.2 Å². The zero-order chi connectivity index (χ0) is 20.1. The number of urea groups is 1. The molecule has 29 heavy (non-hydrogen) atoms. The molecule has 150 valence electrons. The summed E-state index contributed by atoms with van der Waals surface area (Å²) in [6.07, 6.45) is 3.78. The third-order valence-electron chi connectivity index (χ3n) is 5.42. The number of hydrogen-bond donors (Lipinski definition) is 0. The molecule has 2 aromatic heterocycles. The van der Waals surface area contributed by atoms with Gasteiger partial charge in [0.1, 0.15) is 12.0 Å². The smallest absolute Gasteiger partial charge is 0.324 e.